The van der Waals surface area contributed by atoms with Crippen molar-refractivity contribution >= 4 is 5.78 Å². The van der Waals surface area contributed by atoms with Crippen molar-refractivity contribution in [1.29, 1.82) is 0 Å². The van der Waals surface area contributed by atoms with Crippen molar-refractivity contribution in [3.05, 3.63) is 41.0 Å². The minimum Gasteiger partial charge on any atom is -0.507 e. The zero-order valence-electron chi connectivity index (χ0n) is 9.42. The lowest BCUT2D eigenvalue weighted by molar-refractivity contribution is 0.101. The molecule has 0 radical (unpaired) electrons. The molecular weight excluding hydrogens is 188 g/mol. The largest absolute Gasteiger partial charge is 0.507 e. The number of aryl methyl sites for hydroxylation is 2. The minimum absolute atomic E-state index is 0.102. The average molecular weight is 204 g/mol. The van der Waals surface area contributed by atoms with Gasteiger partial charge >= 0.3 is 0 Å². The molecule has 0 spiro atoms. The lowest BCUT2D eigenvalue weighted by Gasteiger charge is -2.12. The molecular formula is C13H16O2. The summed E-state index contributed by atoms with van der Waals surface area (Å²) in [6, 6.07) is 1.93. The molecule has 0 bridgehead atoms. The molecule has 0 fully saturated rings. The molecule has 2 heteroatoms. The van der Waals surface area contributed by atoms with E-state index in [1.54, 1.807) is 6.08 Å². The van der Waals surface area contributed by atoms with Crippen molar-refractivity contribution in [3.8, 4) is 5.75 Å². The quantitative estimate of drug-likeness (QED) is 0.607. The molecule has 0 aliphatic heterocycles. The van der Waals surface area contributed by atoms with Crippen molar-refractivity contribution in [2.24, 2.45) is 0 Å². The zero-order chi connectivity index (χ0) is 11.6. The molecule has 0 saturated carbocycles. The first-order valence-corrected chi connectivity index (χ1v) is 4.93. The summed E-state index contributed by atoms with van der Waals surface area (Å²) >= 11 is 0. The van der Waals surface area contributed by atoms with Gasteiger partial charge in [-0.15, -0.1) is 6.58 Å². The van der Waals surface area contributed by atoms with Gasteiger partial charge in [0.2, 0.25) is 0 Å². The minimum atomic E-state index is -0.102. The number of hydrogen-bond acceptors (Lipinski definition) is 2. The Labute approximate surface area is 90.3 Å². The number of rotatable bonds is 3. The summed E-state index contributed by atoms with van der Waals surface area (Å²) in [6.45, 7) is 8.87. The molecule has 15 heavy (non-hydrogen) atoms. The molecule has 1 aromatic rings. The first-order chi connectivity index (χ1) is 6.99. The number of phenolic OH excluding ortho intramolecular Hbond substituents is 1. The van der Waals surface area contributed by atoms with Crippen molar-refractivity contribution < 1.29 is 9.90 Å². The second-order valence-corrected chi connectivity index (χ2v) is 3.76. The molecule has 0 saturated heterocycles. The summed E-state index contributed by atoms with van der Waals surface area (Å²) in [5.41, 5.74) is 3.04. The normalized spacial score (nSPS) is 10.1. The average Bonchev–Trinajstić information content (AvgIpc) is 2.11. The fraction of sp³-hybridized carbons (Fsp3) is 0.308. The Balaban J connectivity index is 3.48. The molecule has 0 heterocycles. The summed E-state index contributed by atoms with van der Waals surface area (Å²) < 4.78 is 0. The molecule has 2 nitrogen and oxygen atoms in total. The van der Waals surface area contributed by atoms with Crippen LogP contribution in [0.5, 0.6) is 5.75 Å². The van der Waals surface area contributed by atoms with E-state index >= 15 is 0 Å². The number of benzene rings is 1. The second kappa shape index (κ2) is 4.30. The number of phenols is 1. The smallest absolute Gasteiger partial charge is 0.163 e. The van der Waals surface area contributed by atoms with E-state index < -0.39 is 0 Å². The third-order valence-corrected chi connectivity index (χ3v) is 2.53. The maximum absolute atomic E-state index is 11.4. The van der Waals surface area contributed by atoms with Crippen LogP contribution in [0, 0.1) is 13.8 Å². The predicted molar refractivity (Wildman–Crippen MR) is 61.5 cm³/mol. The molecule has 80 valence electrons. The summed E-state index contributed by atoms with van der Waals surface area (Å²) in [5.74, 6) is 0.00946. The maximum Gasteiger partial charge on any atom is 0.163 e. The molecule has 1 N–H and O–H groups in total. The first kappa shape index (κ1) is 11.5. The summed E-state index contributed by atoms with van der Waals surface area (Å²) in [7, 11) is 0. The Morgan fingerprint density at radius 1 is 1.47 bits per heavy atom. The van der Waals surface area contributed by atoms with Gasteiger partial charge < -0.3 is 5.11 Å². The number of Topliss-reactive ketones (excluding diaryl/α,β-unsaturated/α-hetero) is 1. The van der Waals surface area contributed by atoms with Crippen LogP contribution in [0.1, 0.15) is 34.0 Å². The van der Waals surface area contributed by atoms with Crippen molar-refractivity contribution in [1.82, 2.24) is 0 Å². The highest BCUT2D eigenvalue weighted by molar-refractivity contribution is 5.98. The standard InChI is InChI=1S/C13H16O2/c1-5-6-11-8(2)7-9(3)12(10(4)14)13(11)15/h5,7,15H,1,6H2,2-4H3. The van der Waals surface area contributed by atoms with Crippen molar-refractivity contribution in [3.63, 3.8) is 0 Å². The topological polar surface area (TPSA) is 37.3 Å². The van der Waals surface area contributed by atoms with Gasteiger partial charge in [-0.2, -0.15) is 0 Å². The van der Waals surface area contributed by atoms with E-state index in [0.29, 0.717) is 12.0 Å². The Hall–Kier alpha value is -1.57. The van der Waals surface area contributed by atoms with Crippen LogP contribution in [0.2, 0.25) is 0 Å². The molecule has 1 rings (SSSR count). The molecule has 0 aromatic heterocycles. The second-order valence-electron chi connectivity index (χ2n) is 3.76. The van der Waals surface area contributed by atoms with Gasteiger partial charge in [0, 0.05) is 5.56 Å². The van der Waals surface area contributed by atoms with Crippen molar-refractivity contribution in [2.45, 2.75) is 27.2 Å². The number of aromatic hydroxyl groups is 1. The number of allylic oxidation sites excluding steroid dienone is 1. The van der Waals surface area contributed by atoms with E-state index in [2.05, 4.69) is 6.58 Å². The van der Waals surface area contributed by atoms with Crippen LogP contribution < -0.4 is 0 Å². The van der Waals surface area contributed by atoms with Gasteiger partial charge in [0.25, 0.3) is 0 Å². The van der Waals surface area contributed by atoms with E-state index in [1.807, 2.05) is 19.9 Å². The monoisotopic (exact) mass is 204 g/mol. The molecule has 0 unspecified atom stereocenters. The molecule has 0 atom stereocenters. The highest BCUT2D eigenvalue weighted by atomic mass is 16.3. The van der Waals surface area contributed by atoms with Gasteiger partial charge in [0.05, 0.1) is 5.56 Å². The highest BCUT2D eigenvalue weighted by Crippen LogP contribution is 2.29. The van der Waals surface area contributed by atoms with Gasteiger partial charge in [-0.1, -0.05) is 12.1 Å². The van der Waals surface area contributed by atoms with Gasteiger partial charge in [-0.25, -0.2) is 0 Å². The van der Waals surface area contributed by atoms with E-state index in [1.165, 1.54) is 6.92 Å². The molecule has 0 amide bonds. The summed E-state index contributed by atoms with van der Waals surface area (Å²) in [6.07, 6.45) is 2.31. The number of ketones is 1. The van der Waals surface area contributed by atoms with Crippen LogP contribution in [-0.4, -0.2) is 10.9 Å². The SMILES string of the molecule is C=CCc1c(C)cc(C)c(C(C)=O)c1O. The van der Waals surface area contributed by atoms with Crippen LogP contribution in [0.4, 0.5) is 0 Å². The third kappa shape index (κ3) is 2.09. The first-order valence-electron chi connectivity index (χ1n) is 4.93. The van der Waals surface area contributed by atoms with Crippen LogP contribution in [-0.2, 0) is 6.42 Å². The lowest BCUT2D eigenvalue weighted by atomic mass is 9.94. The van der Waals surface area contributed by atoms with Gasteiger partial charge in [0.15, 0.2) is 5.78 Å². The van der Waals surface area contributed by atoms with Crippen molar-refractivity contribution in [2.75, 3.05) is 0 Å². The number of carbonyl (C=O) groups excluding carboxylic acids is 1. The Morgan fingerprint density at radius 3 is 2.53 bits per heavy atom. The highest BCUT2D eigenvalue weighted by Gasteiger charge is 2.15. The molecule has 0 aliphatic carbocycles. The van der Waals surface area contributed by atoms with E-state index in [9.17, 15) is 9.90 Å². The predicted octanol–water partition coefficient (Wildman–Crippen LogP) is 2.94. The third-order valence-electron chi connectivity index (χ3n) is 2.53. The maximum atomic E-state index is 11.4. The van der Waals surface area contributed by atoms with Gasteiger partial charge in [-0.05, 0) is 38.3 Å². The Kier molecular flexibility index (Phi) is 3.30. The number of hydrogen-bond donors (Lipinski definition) is 1. The fourth-order valence-corrected chi connectivity index (χ4v) is 1.85. The molecule has 1 aromatic carbocycles. The summed E-state index contributed by atoms with van der Waals surface area (Å²) in [4.78, 5) is 11.4. The zero-order valence-corrected chi connectivity index (χ0v) is 9.42. The van der Waals surface area contributed by atoms with E-state index in [0.717, 1.165) is 16.7 Å². The van der Waals surface area contributed by atoms with E-state index in [4.69, 9.17) is 0 Å². The van der Waals surface area contributed by atoms with Crippen LogP contribution >= 0.6 is 0 Å². The van der Waals surface area contributed by atoms with Gasteiger partial charge in [-0.3, -0.25) is 4.79 Å². The van der Waals surface area contributed by atoms with Crippen LogP contribution in [0.3, 0.4) is 0 Å². The fourth-order valence-electron chi connectivity index (χ4n) is 1.85. The Bertz CT molecular complexity index is 417. The van der Waals surface area contributed by atoms with Crippen LogP contribution in [0.15, 0.2) is 18.7 Å². The lowest BCUT2D eigenvalue weighted by Crippen LogP contribution is -2.01. The van der Waals surface area contributed by atoms with Gasteiger partial charge in [0.1, 0.15) is 5.75 Å². The number of carbonyl (C=O) groups is 1. The molecule has 0 aliphatic rings. The van der Waals surface area contributed by atoms with E-state index in [-0.39, 0.29) is 11.5 Å². The summed E-state index contributed by atoms with van der Waals surface area (Å²) in [5, 5.41) is 9.98. The van der Waals surface area contributed by atoms with Crippen LogP contribution in [0.25, 0.3) is 0 Å². The Morgan fingerprint density at radius 2 is 2.07 bits per heavy atom.